The highest BCUT2D eigenvalue weighted by Gasteiger charge is 2.73. The number of allylic oxidation sites excluding steroid dienone is 4. The molecule has 4 aliphatic rings. The van der Waals surface area contributed by atoms with Gasteiger partial charge in [-0.05, 0) is 62.5 Å². The molecule has 6 nitrogen and oxygen atoms in total. The van der Waals surface area contributed by atoms with Crippen molar-refractivity contribution in [2.75, 3.05) is 0 Å². The number of carbonyl (C=O) groups is 3. The second-order valence-electron chi connectivity index (χ2n) is 9.23. The van der Waals surface area contributed by atoms with E-state index in [9.17, 15) is 29.7 Å². The highest BCUT2D eigenvalue weighted by molar-refractivity contribution is 6.36. The van der Waals surface area contributed by atoms with Crippen LogP contribution in [-0.2, 0) is 14.4 Å². The van der Waals surface area contributed by atoms with E-state index in [2.05, 4.69) is 6.92 Å². The lowest BCUT2D eigenvalue weighted by Gasteiger charge is -2.61. The Balaban J connectivity index is 1.76. The normalized spacial score (nSPS) is 48.3. The molecule has 3 N–H and O–H groups in total. The third kappa shape index (κ3) is 2.06. The maximum absolute atomic E-state index is 12.3. The first kappa shape index (κ1) is 18.6. The standard InChI is InChI=1S/C21H26O6/c1-18-7-5-13(22)11-12(18)3-4-15-14(18)6-8-19(2)20(15,26)9-10-21(19,27)16(23)17(24)25/h5,7,11,14-15,26-27H,3-4,6,8-10H2,1-2H3,(H,24,25)/t14-,15+,18-,19-,20?,21-/m0/s1. The molecule has 0 aromatic carbocycles. The van der Waals surface area contributed by atoms with Gasteiger partial charge in [-0.25, -0.2) is 4.79 Å². The number of fused-ring (bicyclic) bond motifs is 5. The van der Waals surface area contributed by atoms with Gasteiger partial charge < -0.3 is 15.3 Å². The van der Waals surface area contributed by atoms with Crippen LogP contribution in [-0.4, -0.2) is 44.1 Å². The SMILES string of the molecule is C[C@]12C=CC(=O)C=C1CC[C@@H]1[C@@H]2CC[C@@]2(C)C1(O)CC[C@]2(O)C(=O)C(=O)O. The van der Waals surface area contributed by atoms with Gasteiger partial charge in [0, 0.05) is 10.8 Å². The van der Waals surface area contributed by atoms with Crippen LogP contribution in [0.5, 0.6) is 0 Å². The number of Topliss-reactive ketones (excluding diaryl/α,β-unsaturated/α-hetero) is 1. The van der Waals surface area contributed by atoms with Gasteiger partial charge in [0.2, 0.25) is 0 Å². The van der Waals surface area contributed by atoms with Crippen molar-refractivity contribution < 1.29 is 29.7 Å². The van der Waals surface area contributed by atoms with E-state index >= 15 is 0 Å². The Morgan fingerprint density at radius 2 is 1.78 bits per heavy atom. The zero-order chi connectivity index (χ0) is 19.8. The molecule has 0 radical (unpaired) electrons. The first-order chi connectivity index (χ1) is 12.5. The van der Waals surface area contributed by atoms with Crippen LogP contribution in [0.25, 0.3) is 0 Å². The lowest BCUT2D eigenvalue weighted by atomic mass is 9.45. The Morgan fingerprint density at radius 3 is 2.44 bits per heavy atom. The summed E-state index contributed by atoms with van der Waals surface area (Å²) >= 11 is 0. The molecule has 6 atom stereocenters. The molecule has 27 heavy (non-hydrogen) atoms. The van der Waals surface area contributed by atoms with E-state index in [4.69, 9.17) is 0 Å². The van der Waals surface area contributed by atoms with Crippen molar-refractivity contribution in [1.82, 2.24) is 0 Å². The zero-order valence-corrected chi connectivity index (χ0v) is 15.7. The van der Waals surface area contributed by atoms with Gasteiger partial charge in [-0.2, -0.15) is 0 Å². The molecule has 0 aliphatic heterocycles. The third-order valence-electron chi connectivity index (χ3n) is 8.46. The van der Waals surface area contributed by atoms with Crippen LogP contribution in [0.1, 0.15) is 52.4 Å². The summed E-state index contributed by atoms with van der Waals surface area (Å²) in [5.41, 5.74) is -3.79. The van der Waals surface area contributed by atoms with E-state index in [-0.39, 0.29) is 35.9 Å². The van der Waals surface area contributed by atoms with Crippen molar-refractivity contribution in [2.24, 2.45) is 22.7 Å². The molecule has 4 aliphatic carbocycles. The fourth-order valence-electron chi connectivity index (χ4n) is 6.73. The summed E-state index contributed by atoms with van der Waals surface area (Å²) in [4.78, 5) is 35.5. The van der Waals surface area contributed by atoms with Gasteiger partial charge in [0.25, 0.3) is 5.78 Å². The Bertz CT molecular complexity index is 811. The van der Waals surface area contributed by atoms with E-state index in [1.54, 1.807) is 19.1 Å². The predicted octanol–water partition coefficient (Wildman–Crippen LogP) is 1.79. The number of ketones is 2. The number of hydrogen-bond acceptors (Lipinski definition) is 5. The van der Waals surface area contributed by atoms with Crippen molar-refractivity contribution >= 4 is 17.5 Å². The Kier molecular flexibility index (Phi) is 3.70. The van der Waals surface area contributed by atoms with Crippen LogP contribution in [0.3, 0.4) is 0 Å². The lowest BCUT2D eigenvalue weighted by Crippen LogP contribution is -2.66. The topological polar surface area (TPSA) is 112 Å². The molecule has 0 aromatic heterocycles. The largest absolute Gasteiger partial charge is 0.475 e. The number of hydrogen-bond donors (Lipinski definition) is 3. The molecule has 0 bridgehead atoms. The number of aliphatic hydroxyl groups is 2. The molecule has 3 fully saturated rings. The number of rotatable bonds is 2. The summed E-state index contributed by atoms with van der Waals surface area (Å²) in [5, 5.41) is 32.1. The first-order valence-corrected chi connectivity index (χ1v) is 9.66. The highest BCUT2D eigenvalue weighted by atomic mass is 16.4. The highest BCUT2D eigenvalue weighted by Crippen LogP contribution is 2.68. The molecule has 4 rings (SSSR count). The average Bonchev–Trinajstić information content (AvgIpc) is 2.83. The van der Waals surface area contributed by atoms with Crippen LogP contribution < -0.4 is 0 Å². The second kappa shape index (κ2) is 5.39. The molecule has 0 aromatic rings. The van der Waals surface area contributed by atoms with Crippen molar-refractivity contribution in [1.29, 1.82) is 0 Å². The molecule has 0 saturated heterocycles. The second-order valence-corrected chi connectivity index (χ2v) is 9.23. The maximum Gasteiger partial charge on any atom is 0.375 e. The van der Waals surface area contributed by atoms with Crippen LogP contribution in [0.4, 0.5) is 0 Å². The minimum Gasteiger partial charge on any atom is -0.475 e. The molecule has 0 heterocycles. The number of aliphatic carboxylic acids is 1. The van der Waals surface area contributed by atoms with E-state index < -0.39 is 28.4 Å². The third-order valence-corrected chi connectivity index (χ3v) is 8.46. The summed E-state index contributed by atoms with van der Waals surface area (Å²) < 4.78 is 0. The smallest absolute Gasteiger partial charge is 0.375 e. The summed E-state index contributed by atoms with van der Waals surface area (Å²) in [6.45, 7) is 3.76. The Labute approximate surface area is 158 Å². The minimum absolute atomic E-state index is 0.0115. The van der Waals surface area contributed by atoms with E-state index in [0.717, 1.165) is 5.57 Å². The monoisotopic (exact) mass is 374 g/mol. The minimum atomic E-state index is -2.05. The van der Waals surface area contributed by atoms with Crippen molar-refractivity contribution in [3.8, 4) is 0 Å². The summed E-state index contributed by atoms with van der Waals surface area (Å²) in [6, 6.07) is 0. The fourth-order valence-corrected chi connectivity index (χ4v) is 6.73. The first-order valence-electron chi connectivity index (χ1n) is 9.66. The number of carboxylic acids is 1. The van der Waals surface area contributed by atoms with Gasteiger partial charge in [-0.15, -0.1) is 0 Å². The van der Waals surface area contributed by atoms with Crippen molar-refractivity contribution in [3.63, 3.8) is 0 Å². The lowest BCUT2D eigenvalue weighted by molar-refractivity contribution is -0.214. The molecule has 146 valence electrons. The van der Waals surface area contributed by atoms with Gasteiger partial charge in [0.15, 0.2) is 5.78 Å². The van der Waals surface area contributed by atoms with Crippen molar-refractivity contribution in [2.45, 2.75) is 63.6 Å². The quantitative estimate of drug-likeness (QED) is 0.636. The summed E-state index contributed by atoms with van der Waals surface area (Å²) in [5.74, 6) is -2.96. The van der Waals surface area contributed by atoms with Gasteiger partial charge in [-0.1, -0.05) is 25.5 Å². The number of carbonyl (C=O) groups excluding carboxylic acids is 2. The fraction of sp³-hybridized carbons (Fsp3) is 0.667. The maximum atomic E-state index is 12.3. The average molecular weight is 374 g/mol. The Hall–Kier alpha value is -1.79. The molecular formula is C21H26O6. The van der Waals surface area contributed by atoms with Crippen LogP contribution in [0.2, 0.25) is 0 Å². The molecular weight excluding hydrogens is 348 g/mol. The van der Waals surface area contributed by atoms with Crippen LogP contribution >= 0.6 is 0 Å². The predicted molar refractivity (Wildman–Crippen MR) is 95.7 cm³/mol. The van der Waals surface area contributed by atoms with E-state index in [1.807, 2.05) is 6.08 Å². The van der Waals surface area contributed by atoms with Gasteiger partial charge in [0.1, 0.15) is 5.60 Å². The molecule has 3 saturated carbocycles. The van der Waals surface area contributed by atoms with Crippen LogP contribution in [0.15, 0.2) is 23.8 Å². The number of carboxylic acid groups (broad SMARTS) is 1. The van der Waals surface area contributed by atoms with E-state index in [1.165, 1.54) is 0 Å². The summed E-state index contributed by atoms with van der Waals surface area (Å²) in [7, 11) is 0. The van der Waals surface area contributed by atoms with E-state index in [0.29, 0.717) is 25.7 Å². The molecule has 0 amide bonds. The van der Waals surface area contributed by atoms with Crippen LogP contribution in [0, 0.1) is 22.7 Å². The summed E-state index contributed by atoms with van der Waals surface area (Å²) in [6.07, 6.45) is 7.76. The van der Waals surface area contributed by atoms with Crippen molar-refractivity contribution in [3.05, 3.63) is 23.8 Å². The molecule has 6 heteroatoms. The van der Waals surface area contributed by atoms with Gasteiger partial charge >= 0.3 is 5.97 Å². The zero-order valence-electron chi connectivity index (χ0n) is 15.7. The van der Waals surface area contributed by atoms with Gasteiger partial charge in [0.05, 0.1) is 5.60 Å². The van der Waals surface area contributed by atoms with Gasteiger partial charge in [-0.3, -0.25) is 9.59 Å². The molecule has 1 unspecified atom stereocenters. The Morgan fingerprint density at radius 1 is 1.07 bits per heavy atom. The molecule has 0 spiro atoms.